The number of amidine groups is 1. The van der Waals surface area contributed by atoms with Gasteiger partial charge in [-0.3, -0.25) is 14.7 Å². The minimum Gasteiger partial charge on any atom is -0.493 e. The third-order valence-electron chi connectivity index (χ3n) is 8.66. The fourth-order valence-electron chi connectivity index (χ4n) is 6.26. The summed E-state index contributed by atoms with van der Waals surface area (Å²) in [5.74, 6) is 0.559. The molecule has 2 atom stereocenters. The molecule has 16 heteroatoms. The molecule has 3 heterocycles. The number of carbonyl (C=O) groups excluding carboxylic acids is 2. The van der Waals surface area contributed by atoms with Gasteiger partial charge in [-0.05, 0) is 62.2 Å². The molecule has 262 valence electrons. The minimum absolute atomic E-state index is 0.140. The molecule has 1 aromatic heterocycles. The number of hydrogen-bond donors (Lipinski definition) is 1. The number of primary sulfonamides is 1. The summed E-state index contributed by atoms with van der Waals surface area (Å²) in [5.41, 5.74) is 2.57. The highest BCUT2D eigenvalue weighted by molar-refractivity contribution is 7.89. The Balaban J connectivity index is 1.46. The average molecular weight is 760 g/mol. The number of aromatic nitrogens is 1. The van der Waals surface area contributed by atoms with E-state index in [9.17, 15) is 18.0 Å². The van der Waals surface area contributed by atoms with Crippen molar-refractivity contribution in [1.29, 1.82) is 0 Å². The molecular weight excluding hydrogens is 727 g/mol. The first kappa shape index (κ1) is 35.7. The predicted octanol–water partition coefficient (Wildman–Crippen LogP) is 6.42. The van der Waals surface area contributed by atoms with Crippen LogP contribution in [0.4, 0.5) is 4.79 Å². The molecule has 1 fully saturated rings. The first-order valence-corrected chi connectivity index (χ1v) is 18.3. The van der Waals surface area contributed by atoms with Gasteiger partial charge in [0.05, 0.1) is 28.9 Å². The SMILES string of the molecule is CCOc1cc(Cl)c(S(N)(=O)=O)cc1C1=N[C@@H](c2ccc(Cl)cc2)[C@@H](c2ccc(Cl)cc2)N1C(=O)N1CCN(C(=O)c2c(C)noc2C)CC1. The number of aryl methyl sites for hydroxylation is 2. The van der Waals surface area contributed by atoms with Crippen molar-refractivity contribution in [3.8, 4) is 5.75 Å². The fraction of sp³-hybridized carbons (Fsp3) is 0.294. The number of urea groups is 1. The van der Waals surface area contributed by atoms with Gasteiger partial charge in [-0.15, -0.1) is 0 Å². The molecule has 0 radical (unpaired) electrons. The van der Waals surface area contributed by atoms with Crippen LogP contribution >= 0.6 is 34.8 Å². The second kappa shape index (κ2) is 14.2. The number of aliphatic imine (C=N–C) groups is 1. The maximum atomic E-state index is 14.9. The smallest absolute Gasteiger partial charge is 0.326 e. The van der Waals surface area contributed by atoms with Crippen LogP contribution in [0.5, 0.6) is 5.75 Å². The summed E-state index contributed by atoms with van der Waals surface area (Å²) in [7, 11) is -4.29. The molecule has 0 spiro atoms. The average Bonchev–Trinajstić information content (AvgIpc) is 3.64. The standard InChI is InChI=1S/C34H33Cl3N6O6S/c1-4-48-27-18-26(37)28(50(38,46)47)17-25(27)32-39-30(21-5-9-23(35)10-6-21)31(22-7-11-24(36)12-8-22)43(32)34(45)42-15-13-41(14-16-42)33(44)29-19(2)40-49-20(29)3/h5-12,17-18,30-31H,4,13-16H2,1-3H3,(H2,38,46,47)/t30-,31+/m0/s1. The third-order valence-corrected chi connectivity index (χ3v) is 10.5. The molecule has 3 amide bonds. The van der Waals surface area contributed by atoms with Gasteiger partial charge in [-0.1, -0.05) is 64.2 Å². The van der Waals surface area contributed by atoms with Crippen LogP contribution in [0.1, 0.15) is 57.5 Å². The second-order valence-electron chi connectivity index (χ2n) is 11.8. The zero-order valence-electron chi connectivity index (χ0n) is 27.3. The van der Waals surface area contributed by atoms with Crippen molar-refractivity contribution in [3.63, 3.8) is 0 Å². The quantitative estimate of drug-likeness (QED) is 0.228. The number of amides is 3. The van der Waals surface area contributed by atoms with Crippen LogP contribution in [0, 0.1) is 13.8 Å². The van der Waals surface area contributed by atoms with E-state index < -0.39 is 28.1 Å². The maximum Gasteiger partial charge on any atom is 0.326 e. The van der Waals surface area contributed by atoms with Crippen LogP contribution < -0.4 is 9.88 Å². The van der Waals surface area contributed by atoms with Crippen LogP contribution in [-0.4, -0.2) is 78.8 Å². The summed E-state index contributed by atoms with van der Waals surface area (Å²) in [6.45, 7) is 6.28. The molecular formula is C34H33Cl3N6O6S. The van der Waals surface area contributed by atoms with Crippen molar-refractivity contribution in [2.75, 3.05) is 32.8 Å². The van der Waals surface area contributed by atoms with Gasteiger partial charge in [0, 0.05) is 42.3 Å². The third kappa shape index (κ3) is 6.93. The van der Waals surface area contributed by atoms with Gasteiger partial charge in [0.25, 0.3) is 5.91 Å². The molecule has 1 saturated heterocycles. The Morgan fingerprint density at radius 1 is 0.920 bits per heavy atom. The lowest BCUT2D eigenvalue weighted by Gasteiger charge is -2.39. The predicted molar refractivity (Wildman–Crippen MR) is 190 cm³/mol. The molecule has 0 bridgehead atoms. The Kier molecular flexibility index (Phi) is 10.2. The van der Waals surface area contributed by atoms with E-state index in [1.165, 1.54) is 17.0 Å². The molecule has 6 rings (SSSR count). The van der Waals surface area contributed by atoms with Crippen LogP contribution in [0.15, 0.2) is 75.1 Å². The number of nitrogens with zero attached hydrogens (tertiary/aromatic N) is 5. The van der Waals surface area contributed by atoms with Gasteiger partial charge in [0.1, 0.15) is 33.8 Å². The summed E-state index contributed by atoms with van der Waals surface area (Å²) in [5, 5.41) is 10.4. The Morgan fingerprint density at radius 3 is 2.04 bits per heavy atom. The van der Waals surface area contributed by atoms with E-state index in [1.807, 2.05) is 24.3 Å². The van der Waals surface area contributed by atoms with E-state index in [0.717, 1.165) is 5.56 Å². The van der Waals surface area contributed by atoms with E-state index in [2.05, 4.69) is 5.16 Å². The van der Waals surface area contributed by atoms with E-state index in [1.54, 1.807) is 54.8 Å². The number of rotatable bonds is 7. The number of sulfonamides is 1. The first-order chi connectivity index (χ1) is 23.8. The van der Waals surface area contributed by atoms with Crippen molar-refractivity contribution < 1.29 is 27.3 Å². The molecule has 4 aromatic rings. The van der Waals surface area contributed by atoms with Gasteiger partial charge >= 0.3 is 6.03 Å². The van der Waals surface area contributed by atoms with Crippen LogP contribution in [-0.2, 0) is 10.0 Å². The topological polar surface area (TPSA) is 152 Å². The van der Waals surface area contributed by atoms with Gasteiger partial charge in [0.2, 0.25) is 10.0 Å². The highest BCUT2D eigenvalue weighted by atomic mass is 35.5. The summed E-state index contributed by atoms with van der Waals surface area (Å²) < 4.78 is 36.5. The summed E-state index contributed by atoms with van der Waals surface area (Å²) in [4.78, 5) is 37.9. The van der Waals surface area contributed by atoms with Crippen molar-refractivity contribution >= 4 is 62.6 Å². The molecule has 0 saturated carbocycles. The molecule has 50 heavy (non-hydrogen) atoms. The number of piperazine rings is 1. The molecule has 12 nitrogen and oxygen atoms in total. The van der Waals surface area contributed by atoms with Gasteiger partial charge in [-0.25, -0.2) is 18.4 Å². The molecule has 0 unspecified atom stereocenters. The van der Waals surface area contributed by atoms with Crippen LogP contribution in [0.3, 0.4) is 0 Å². The lowest BCUT2D eigenvalue weighted by Crippen LogP contribution is -2.55. The van der Waals surface area contributed by atoms with Crippen molar-refractivity contribution in [2.24, 2.45) is 10.1 Å². The van der Waals surface area contributed by atoms with E-state index in [0.29, 0.717) is 32.6 Å². The second-order valence-corrected chi connectivity index (χ2v) is 14.6. The normalized spacial score (nSPS) is 18.0. The van der Waals surface area contributed by atoms with E-state index in [-0.39, 0.29) is 65.8 Å². The van der Waals surface area contributed by atoms with E-state index in [4.69, 9.17) is 54.2 Å². The molecule has 2 aliphatic rings. The zero-order valence-corrected chi connectivity index (χ0v) is 30.4. The number of benzene rings is 3. The summed E-state index contributed by atoms with van der Waals surface area (Å²) in [6, 6.07) is 15.0. The highest BCUT2D eigenvalue weighted by Crippen LogP contribution is 2.46. The van der Waals surface area contributed by atoms with Crippen molar-refractivity contribution in [3.05, 3.63) is 109 Å². The number of nitrogens with two attached hydrogens (primary N) is 1. The van der Waals surface area contributed by atoms with Crippen molar-refractivity contribution in [1.82, 2.24) is 19.9 Å². The molecule has 0 aliphatic carbocycles. The highest BCUT2D eigenvalue weighted by Gasteiger charge is 2.45. The molecule has 3 aromatic carbocycles. The number of ether oxygens (including phenoxy) is 1. The fourth-order valence-corrected chi connectivity index (χ4v) is 7.60. The lowest BCUT2D eigenvalue weighted by atomic mass is 9.93. The maximum absolute atomic E-state index is 14.9. The van der Waals surface area contributed by atoms with Gasteiger partial charge in [0.15, 0.2) is 0 Å². The Bertz CT molecular complexity index is 2060. The molecule has 2 aliphatic heterocycles. The number of hydrogen-bond acceptors (Lipinski definition) is 8. The Morgan fingerprint density at radius 2 is 1.50 bits per heavy atom. The first-order valence-electron chi connectivity index (χ1n) is 15.7. The zero-order chi connectivity index (χ0) is 35.9. The Labute approximate surface area is 304 Å². The Hall–Kier alpha value is -4.14. The molecule has 2 N–H and O–H groups in total. The largest absolute Gasteiger partial charge is 0.493 e. The summed E-state index contributed by atoms with van der Waals surface area (Å²) in [6.07, 6.45) is 0. The van der Waals surface area contributed by atoms with Crippen LogP contribution in [0.2, 0.25) is 15.1 Å². The minimum atomic E-state index is -4.29. The van der Waals surface area contributed by atoms with Crippen molar-refractivity contribution in [2.45, 2.75) is 37.8 Å². The van der Waals surface area contributed by atoms with Gasteiger partial charge in [-0.2, -0.15) is 0 Å². The number of halogens is 3. The van der Waals surface area contributed by atoms with Gasteiger partial charge < -0.3 is 19.1 Å². The van der Waals surface area contributed by atoms with Crippen LogP contribution in [0.25, 0.3) is 0 Å². The lowest BCUT2D eigenvalue weighted by molar-refractivity contribution is 0.0644. The number of carbonyl (C=O) groups is 2. The van der Waals surface area contributed by atoms with E-state index >= 15 is 0 Å². The summed E-state index contributed by atoms with van der Waals surface area (Å²) >= 11 is 18.9. The monoisotopic (exact) mass is 758 g/mol.